The molecule has 3 rings (SSSR count). The number of hydrogen-bond donors (Lipinski definition) is 1. The molecule has 1 unspecified atom stereocenters. The maximum atomic E-state index is 12.4. The molecule has 1 aromatic carbocycles. The Hall–Kier alpha value is -1.84. The minimum absolute atomic E-state index is 0.0190. The highest BCUT2D eigenvalue weighted by Crippen LogP contribution is 2.28. The zero-order chi connectivity index (χ0) is 16.9. The Balaban J connectivity index is 1.61. The van der Waals surface area contributed by atoms with Crippen molar-refractivity contribution in [1.82, 2.24) is 10.2 Å². The molecule has 24 heavy (non-hydrogen) atoms. The van der Waals surface area contributed by atoms with E-state index in [0.29, 0.717) is 6.54 Å². The fourth-order valence-corrected chi connectivity index (χ4v) is 3.44. The molecule has 4 nitrogen and oxygen atoms in total. The molecule has 0 aliphatic heterocycles. The van der Waals surface area contributed by atoms with Crippen LogP contribution in [-0.4, -0.2) is 36.3 Å². The largest absolute Gasteiger partial charge is 0.351 e. The van der Waals surface area contributed by atoms with Crippen LogP contribution in [-0.2, 0) is 16.0 Å². The molecule has 4 heteroatoms. The second-order valence-corrected chi connectivity index (χ2v) is 7.37. The van der Waals surface area contributed by atoms with Crippen LogP contribution >= 0.6 is 0 Å². The predicted molar refractivity (Wildman–Crippen MR) is 94.4 cm³/mol. The van der Waals surface area contributed by atoms with Crippen molar-refractivity contribution in [3.05, 3.63) is 35.9 Å². The van der Waals surface area contributed by atoms with Crippen molar-refractivity contribution in [3.63, 3.8) is 0 Å². The van der Waals surface area contributed by atoms with E-state index in [1.54, 1.807) is 0 Å². The number of carbonyl (C=O) groups is 2. The van der Waals surface area contributed by atoms with E-state index in [2.05, 4.69) is 17.4 Å². The molecular formula is C20H28N2O2. The molecular weight excluding hydrogens is 300 g/mol. The van der Waals surface area contributed by atoms with Crippen LogP contribution in [0.4, 0.5) is 0 Å². The van der Waals surface area contributed by atoms with E-state index < -0.39 is 0 Å². The summed E-state index contributed by atoms with van der Waals surface area (Å²) in [5.41, 5.74) is 1.20. The molecule has 0 saturated heterocycles. The number of carbonyl (C=O) groups excluding carboxylic acids is 2. The normalized spacial score (nSPS) is 19.0. The lowest BCUT2D eigenvalue weighted by Crippen LogP contribution is -2.49. The third-order valence-corrected chi connectivity index (χ3v) is 5.47. The lowest BCUT2D eigenvalue weighted by Gasteiger charge is -2.33. The van der Waals surface area contributed by atoms with Crippen LogP contribution in [0.2, 0.25) is 0 Å². The molecule has 0 heterocycles. The smallest absolute Gasteiger partial charge is 0.225 e. The maximum Gasteiger partial charge on any atom is 0.225 e. The first-order chi connectivity index (χ1) is 11.6. The first-order valence-electron chi connectivity index (χ1n) is 9.23. The summed E-state index contributed by atoms with van der Waals surface area (Å²) in [4.78, 5) is 26.6. The fraction of sp³-hybridized carbons (Fsp3) is 0.600. The lowest BCUT2D eigenvalue weighted by molar-refractivity contribution is -0.138. The standard InChI is InChI=1S/C20H28N2O2/c1-22(20(24)17-11-6-12-17)14-18(13-15-7-3-2-4-8-15)21-19(23)16-9-5-10-16/h2-4,7-8,16-18H,5-6,9-14H2,1H3,(H,21,23). The monoisotopic (exact) mass is 328 g/mol. The average molecular weight is 328 g/mol. The molecule has 0 bridgehead atoms. The van der Waals surface area contributed by atoms with Gasteiger partial charge in [-0.1, -0.05) is 43.2 Å². The van der Waals surface area contributed by atoms with E-state index in [0.717, 1.165) is 44.9 Å². The highest BCUT2D eigenvalue weighted by atomic mass is 16.2. The Labute approximate surface area is 144 Å². The van der Waals surface area contributed by atoms with E-state index >= 15 is 0 Å². The van der Waals surface area contributed by atoms with Gasteiger partial charge in [-0.15, -0.1) is 0 Å². The number of nitrogens with one attached hydrogen (secondary N) is 1. The van der Waals surface area contributed by atoms with Gasteiger partial charge < -0.3 is 10.2 Å². The summed E-state index contributed by atoms with van der Waals surface area (Å²) in [5, 5.41) is 3.20. The number of likely N-dealkylation sites (N-methyl/N-ethyl adjacent to an activating group) is 1. The second kappa shape index (κ2) is 7.82. The van der Waals surface area contributed by atoms with Gasteiger partial charge in [-0.3, -0.25) is 9.59 Å². The highest BCUT2D eigenvalue weighted by Gasteiger charge is 2.31. The molecule has 1 atom stereocenters. The first kappa shape index (κ1) is 17.0. The minimum Gasteiger partial charge on any atom is -0.351 e. The van der Waals surface area contributed by atoms with E-state index in [4.69, 9.17) is 0 Å². The fourth-order valence-electron chi connectivity index (χ4n) is 3.44. The zero-order valence-electron chi connectivity index (χ0n) is 14.5. The third kappa shape index (κ3) is 4.16. The van der Waals surface area contributed by atoms with E-state index in [1.807, 2.05) is 30.1 Å². The topological polar surface area (TPSA) is 49.4 Å². The first-order valence-corrected chi connectivity index (χ1v) is 9.23. The van der Waals surface area contributed by atoms with Gasteiger partial charge in [-0.05, 0) is 37.7 Å². The number of hydrogen-bond acceptors (Lipinski definition) is 2. The van der Waals surface area contributed by atoms with Crippen molar-refractivity contribution in [1.29, 1.82) is 0 Å². The zero-order valence-corrected chi connectivity index (χ0v) is 14.5. The van der Waals surface area contributed by atoms with Gasteiger partial charge >= 0.3 is 0 Å². The molecule has 1 N–H and O–H groups in total. The van der Waals surface area contributed by atoms with Crippen LogP contribution in [0.25, 0.3) is 0 Å². The van der Waals surface area contributed by atoms with Gasteiger partial charge in [0.05, 0.1) is 6.04 Å². The Morgan fingerprint density at radius 3 is 2.25 bits per heavy atom. The lowest BCUT2D eigenvalue weighted by atomic mass is 9.84. The summed E-state index contributed by atoms with van der Waals surface area (Å²) in [5.74, 6) is 0.773. The van der Waals surface area contributed by atoms with E-state index in [1.165, 1.54) is 5.56 Å². The minimum atomic E-state index is -0.0190. The maximum absolute atomic E-state index is 12.4. The van der Waals surface area contributed by atoms with Crippen molar-refractivity contribution in [2.24, 2.45) is 11.8 Å². The van der Waals surface area contributed by atoms with Crippen LogP contribution < -0.4 is 5.32 Å². The molecule has 2 aliphatic carbocycles. The third-order valence-electron chi connectivity index (χ3n) is 5.47. The molecule has 2 amide bonds. The van der Waals surface area contributed by atoms with Gasteiger partial charge in [0.1, 0.15) is 0 Å². The summed E-state index contributed by atoms with van der Waals surface area (Å²) in [6.45, 7) is 0.586. The van der Waals surface area contributed by atoms with Gasteiger partial charge in [-0.25, -0.2) is 0 Å². The van der Waals surface area contributed by atoms with Crippen LogP contribution in [0.5, 0.6) is 0 Å². The molecule has 0 aromatic heterocycles. The molecule has 130 valence electrons. The molecule has 0 spiro atoms. The van der Waals surface area contributed by atoms with E-state index in [9.17, 15) is 9.59 Å². The predicted octanol–water partition coefficient (Wildman–Crippen LogP) is 2.77. The molecule has 1 aromatic rings. The van der Waals surface area contributed by atoms with Gasteiger partial charge in [-0.2, -0.15) is 0 Å². The van der Waals surface area contributed by atoms with Crippen molar-refractivity contribution in [2.45, 2.75) is 51.0 Å². The van der Waals surface area contributed by atoms with Gasteiger partial charge in [0.15, 0.2) is 0 Å². The summed E-state index contributed by atoms with van der Waals surface area (Å²) < 4.78 is 0. The van der Waals surface area contributed by atoms with Crippen LogP contribution in [0, 0.1) is 11.8 Å². The Kier molecular flexibility index (Phi) is 5.54. The Morgan fingerprint density at radius 2 is 1.71 bits per heavy atom. The number of benzene rings is 1. The van der Waals surface area contributed by atoms with Crippen molar-refractivity contribution in [2.75, 3.05) is 13.6 Å². The quantitative estimate of drug-likeness (QED) is 0.837. The average Bonchev–Trinajstić information content (AvgIpc) is 2.44. The van der Waals surface area contributed by atoms with Crippen LogP contribution in [0.1, 0.15) is 44.1 Å². The highest BCUT2D eigenvalue weighted by molar-refractivity contribution is 5.81. The Bertz CT molecular complexity index is 564. The number of nitrogens with zero attached hydrogens (tertiary/aromatic N) is 1. The molecule has 2 aliphatic rings. The van der Waals surface area contributed by atoms with Gasteiger partial charge in [0.25, 0.3) is 0 Å². The summed E-state index contributed by atoms with van der Waals surface area (Å²) in [6, 6.07) is 10.2. The number of amides is 2. The molecule has 0 radical (unpaired) electrons. The second-order valence-electron chi connectivity index (χ2n) is 7.37. The van der Waals surface area contributed by atoms with Gasteiger partial charge in [0, 0.05) is 25.4 Å². The van der Waals surface area contributed by atoms with Crippen molar-refractivity contribution < 1.29 is 9.59 Å². The molecule has 2 fully saturated rings. The van der Waals surface area contributed by atoms with Crippen molar-refractivity contribution in [3.8, 4) is 0 Å². The van der Waals surface area contributed by atoms with Gasteiger partial charge in [0.2, 0.25) is 11.8 Å². The summed E-state index contributed by atoms with van der Waals surface area (Å²) in [7, 11) is 1.87. The van der Waals surface area contributed by atoms with Crippen LogP contribution in [0.3, 0.4) is 0 Å². The SMILES string of the molecule is CN(CC(Cc1ccccc1)NC(=O)C1CCC1)C(=O)C1CCC1. The van der Waals surface area contributed by atoms with E-state index in [-0.39, 0.29) is 29.7 Å². The Morgan fingerprint density at radius 1 is 1.08 bits per heavy atom. The van der Waals surface area contributed by atoms with Crippen LogP contribution in [0.15, 0.2) is 30.3 Å². The summed E-state index contributed by atoms with van der Waals surface area (Å²) >= 11 is 0. The van der Waals surface area contributed by atoms with Crippen molar-refractivity contribution >= 4 is 11.8 Å². The summed E-state index contributed by atoms with van der Waals surface area (Å²) in [6.07, 6.45) is 7.11. The molecule has 2 saturated carbocycles. The number of rotatable bonds is 7.